The molecule has 0 bridgehead atoms. The van der Waals surface area contributed by atoms with Crippen molar-refractivity contribution < 1.29 is 19.1 Å². The molecule has 0 saturated heterocycles. The predicted molar refractivity (Wildman–Crippen MR) is 110 cm³/mol. The van der Waals surface area contributed by atoms with Crippen LogP contribution in [-0.4, -0.2) is 41.8 Å². The standard InChI is InChI=1S/C20H20N4O4S/c1-12-8-14(6-7-22-12)13-4-3-5-15(9-13)16-11-29-20(23-16)24-18(25)17(10-27-2)28-19(21)26/h3-9,11,17H,10H2,1-2H3,(H2,21,26)(H,23,24,25). The van der Waals surface area contributed by atoms with E-state index in [0.717, 1.165) is 28.1 Å². The molecule has 1 unspecified atom stereocenters. The van der Waals surface area contributed by atoms with Gasteiger partial charge >= 0.3 is 6.09 Å². The maximum atomic E-state index is 12.3. The summed E-state index contributed by atoms with van der Waals surface area (Å²) in [5.74, 6) is -0.562. The average molecular weight is 412 g/mol. The molecule has 2 aromatic heterocycles. The minimum Gasteiger partial charge on any atom is -0.434 e. The Morgan fingerprint density at radius 1 is 1.21 bits per heavy atom. The van der Waals surface area contributed by atoms with Gasteiger partial charge in [0.15, 0.2) is 5.13 Å². The van der Waals surface area contributed by atoms with Gasteiger partial charge in [-0.05, 0) is 36.2 Å². The van der Waals surface area contributed by atoms with Gasteiger partial charge in [0, 0.05) is 29.9 Å². The van der Waals surface area contributed by atoms with Gasteiger partial charge in [-0.1, -0.05) is 18.2 Å². The zero-order valence-electron chi connectivity index (χ0n) is 15.9. The van der Waals surface area contributed by atoms with Crippen molar-refractivity contribution in [2.45, 2.75) is 13.0 Å². The van der Waals surface area contributed by atoms with Gasteiger partial charge in [0.1, 0.15) is 0 Å². The number of methoxy groups -OCH3 is 1. The predicted octanol–water partition coefficient (Wildman–Crippen LogP) is 3.23. The lowest BCUT2D eigenvalue weighted by Gasteiger charge is -2.14. The van der Waals surface area contributed by atoms with Crippen molar-refractivity contribution in [2.75, 3.05) is 19.0 Å². The Balaban J connectivity index is 1.77. The summed E-state index contributed by atoms with van der Waals surface area (Å²) in [5, 5.41) is 4.84. The van der Waals surface area contributed by atoms with E-state index in [1.165, 1.54) is 18.4 Å². The van der Waals surface area contributed by atoms with Crippen LogP contribution in [0.15, 0.2) is 48.0 Å². The number of primary amides is 1. The van der Waals surface area contributed by atoms with E-state index >= 15 is 0 Å². The molecular formula is C20H20N4O4S. The number of amides is 2. The van der Waals surface area contributed by atoms with E-state index in [1.54, 1.807) is 6.20 Å². The lowest BCUT2D eigenvalue weighted by atomic mass is 10.0. The Hall–Kier alpha value is -3.30. The van der Waals surface area contributed by atoms with Crippen LogP contribution >= 0.6 is 11.3 Å². The molecule has 0 aliphatic rings. The number of ether oxygens (including phenoxy) is 2. The van der Waals surface area contributed by atoms with Crippen molar-refractivity contribution in [1.29, 1.82) is 0 Å². The van der Waals surface area contributed by atoms with E-state index in [2.05, 4.69) is 15.3 Å². The normalized spacial score (nSPS) is 11.7. The van der Waals surface area contributed by atoms with Gasteiger partial charge in [0.2, 0.25) is 6.10 Å². The highest BCUT2D eigenvalue weighted by Gasteiger charge is 2.23. The molecule has 0 radical (unpaired) electrons. The first-order valence-corrected chi connectivity index (χ1v) is 9.59. The molecule has 1 atom stereocenters. The van der Waals surface area contributed by atoms with Crippen LogP contribution in [0.3, 0.4) is 0 Å². The van der Waals surface area contributed by atoms with Gasteiger partial charge in [-0.15, -0.1) is 11.3 Å². The molecule has 29 heavy (non-hydrogen) atoms. The first-order chi connectivity index (χ1) is 14.0. The lowest BCUT2D eigenvalue weighted by Crippen LogP contribution is -2.37. The van der Waals surface area contributed by atoms with Crippen molar-refractivity contribution in [1.82, 2.24) is 9.97 Å². The number of benzene rings is 1. The molecule has 3 aromatic rings. The summed E-state index contributed by atoms with van der Waals surface area (Å²) < 4.78 is 9.65. The maximum absolute atomic E-state index is 12.3. The number of carbonyl (C=O) groups excluding carboxylic acids is 2. The molecule has 3 N–H and O–H groups in total. The summed E-state index contributed by atoms with van der Waals surface area (Å²) >= 11 is 1.27. The van der Waals surface area contributed by atoms with Crippen molar-refractivity contribution in [3.8, 4) is 22.4 Å². The number of hydrogen-bond acceptors (Lipinski definition) is 7. The quantitative estimate of drug-likeness (QED) is 0.615. The molecule has 0 spiro atoms. The summed E-state index contributed by atoms with van der Waals surface area (Å²) in [4.78, 5) is 31.9. The van der Waals surface area contributed by atoms with Gasteiger partial charge < -0.3 is 15.2 Å². The number of thiazole rings is 1. The molecule has 2 amide bonds. The number of carbonyl (C=O) groups is 2. The van der Waals surface area contributed by atoms with Crippen LogP contribution in [0.5, 0.6) is 0 Å². The molecule has 150 valence electrons. The number of anilines is 1. The third-order valence-corrected chi connectivity index (χ3v) is 4.75. The van der Waals surface area contributed by atoms with E-state index in [-0.39, 0.29) is 6.61 Å². The molecule has 3 rings (SSSR count). The van der Waals surface area contributed by atoms with Gasteiger partial charge in [0.05, 0.1) is 12.3 Å². The fourth-order valence-corrected chi connectivity index (χ4v) is 3.41. The van der Waals surface area contributed by atoms with Gasteiger partial charge in [-0.3, -0.25) is 15.1 Å². The van der Waals surface area contributed by atoms with Crippen LogP contribution < -0.4 is 11.1 Å². The lowest BCUT2D eigenvalue weighted by molar-refractivity contribution is -0.126. The Morgan fingerprint density at radius 3 is 2.69 bits per heavy atom. The van der Waals surface area contributed by atoms with Crippen LogP contribution in [0.25, 0.3) is 22.4 Å². The zero-order valence-corrected chi connectivity index (χ0v) is 16.7. The largest absolute Gasteiger partial charge is 0.434 e. The van der Waals surface area contributed by atoms with E-state index in [1.807, 2.05) is 48.7 Å². The minimum atomic E-state index is -1.15. The summed E-state index contributed by atoms with van der Waals surface area (Å²) in [6.45, 7) is 1.84. The Morgan fingerprint density at radius 2 is 1.97 bits per heavy atom. The highest BCUT2D eigenvalue weighted by atomic mass is 32.1. The second kappa shape index (κ2) is 9.26. The number of aryl methyl sites for hydroxylation is 1. The zero-order chi connectivity index (χ0) is 20.8. The summed E-state index contributed by atoms with van der Waals surface area (Å²) in [6.07, 6.45) is -0.424. The van der Waals surface area contributed by atoms with Crippen LogP contribution in [0, 0.1) is 6.92 Å². The van der Waals surface area contributed by atoms with Crippen molar-refractivity contribution >= 4 is 28.5 Å². The fraction of sp³-hybridized carbons (Fsp3) is 0.200. The molecule has 1 aromatic carbocycles. The Bertz CT molecular complexity index is 1020. The topological polar surface area (TPSA) is 116 Å². The molecule has 0 fully saturated rings. The number of rotatable bonds is 7. The molecule has 0 aliphatic carbocycles. The molecule has 0 aliphatic heterocycles. The summed E-state index contributed by atoms with van der Waals surface area (Å²) in [7, 11) is 1.39. The average Bonchev–Trinajstić information content (AvgIpc) is 3.16. The highest BCUT2D eigenvalue weighted by molar-refractivity contribution is 7.14. The van der Waals surface area contributed by atoms with Crippen LogP contribution in [0.4, 0.5) is 9.93 Å². The maximum Gasteiger partial charge on any atom is 0.405 e. The number of nitrogens with two attached hydrogens (primary N) is 1. The molecular weight excluding hydrogens is 392 g/mol. The number of nitrogens with one attached hydrogen (secondary N) is 1. The highest BCUT2D eigenvalue weighted by Crippen LogP contribution is 2.29. The van der Waals surface area contributed by atoms with Gasteiger partial charge in [0.25, 0.3) is 5.91 Å². The second-order valence-electron chi connectivity index (χ2n) is 6.17. The SMILES string of the molecule is COCC(OC(N)=O)C(=O)Nc1nc(-c2cccc(-c3ccnc(C)c3)c2)cs1. The van der Waals surface area contributed by atoms with Crippen LogP contribution in [0.1, 0.15) is 5.69 Å². The van der Waals surface area contributed by atoms with E-state index in [9.17, 15) is 9.59 Å². The summed E-state index contributed by atoms with van der Waals surface area (Å²) in [5.41, 5.74) is 9.67. The Kier molecular flexibility index (Phi) is 6.53. The monoisotopic (exact) mass is 412 g/mol. The first kappa shape index (κ1) is 20.4. The first-order valence-electron chi connectivity index (χ1n) is 8.71. The van der Waals surface area contributed by atoms with E-state index < -0.39 is 18.1 Å². The van der Waals surface area contributed by atoms with Crippen LogP contribution in [0.2, 0.25) is 0 Å². The van der Waals surface area contributed by atoms with Gasteiger partial charge in [-0.25, -0.2) is 9.78 Å². The van der Waals surface area contributed by atoms with E-state index in [4.69, 9.17) is 15.2 Å². The second-order valence-corrected chi connectivity index (χ2v) is 7.03. The van der Waals surface area contributed by atoms with Crippen molar-refractivity contribution in [3.63, 3.8) is 0 Å². The van der Waals surface area contributed by atoms with Gasteiger partial charge in [-0.2, -0.15) is 0 Å². The molecule has 2 heterocycles. The molecule has 0 saturated carbocycles. The number of nitrogens with zero attached hydrogens (tertiary/aromatic N) is 2. The number of aromatic nitrogens is 2. The van der Waals surface area contributed by atoms with Crippen molar-refractivity contribution in [2.24, 2.45) is 5.73 Å². The fourth-order valence-electron chi connectivity index (χ4n) is 2.69. The van der Waals surface area contributed by atoms with Crippen molar-refractivity contribution in [3.05, 3.63) is 53.7 Å². The number of pyridine rings is 1. The molecule has 9 heteroatoms. The minimum absolute atomic E-state index is 0.111. The summed E-state index contributed by atoms with van der Waals surface area (Å²) in [6, 6.07) is 11.9. The third-order valence-electron chi connectivity index (χ3n) is 3.99. The smallest absolute Gasteiger partial charge is 0.405 e. The Labute approximate surface area is 171 Å². The van der Waals surface area contributed by atoms with E-state index in [0.29, 0.717) is 5.13 Å². The third kappa shape index (κ3) is 5.37. The molecule has 8 nitrogen and oxygen atoms in total. The van der Waals surface area contributed by atoms with Crippen LogP contribution in [-0.2, 0) is 14.3 Å². The number of hydrogen-bond donors (Lipinski definition) is 2.